The van der Waals surface area contributed by atoms with Gasteiger partial charge in [0.15, 0.2) is 5.82 Å². The second-order valence-corrected chi connectivity index (χ2v) is 9.78. The molecule has 4 aromatic heterocycles. The standard InChI is InChI=1S/C26H17Cl2F2N9/c27-19-3-4-32-11-18(19)25(22-12-39(38-37-22)16-1-2-16)35-14-5-17-23(36-15-7-21(29)26(30)34-10-15)13(8-31)9-33-24(17)20(28)6-14/h3-7,9-12,16,25,35H,1-2H2,(H,33,36)/t25-/m0/s1. The molecule has 1 saturated carbocycles. The Kier molecular flexibility index (Phi) is 6.42. The molecule has 0 bridgehead atoms. The second-order valence-electron chi connectivity index (χ2n) is 8.96. The Balaban J connectivity index is 1.45. The van der Waals surface area contributed by atoms with Crippen LogP contribution in [0.25, 0.3) is 10.9 Å². The molecule has 0 spiro atoms. The van der Waals surface area contributed by atoms with Gasteiger partial charge in [0.1, 0.15) is 17.8 Å². The third-order valence-corrected chi connectivity index (χ3v) is 6.91. The predicted molar refractivity (Wildman–Crippen MR) is 142 cm³/mol. The number of nitriles is 1. The van der Waals surface area contributed by atoms with Crippen LogP contribution in [0.4, 0.5) is 25.8 Å². The minimum absolute atomic E-state index is 0.143. The fourth-order valence-corrected chi connectivity index (χ4v) is 4.70. The number of rotatable bonds is 7. The van der Waals surface area contributed by atoms with Gasteiger partial charge in [-0.2, -0.15) is 9.65 Å². The van der Waals surface area contributed by atoms with Gasteiger partial charge in [0, 0.05) is 46.3 Å². The molecule has 4 heterocycles. The number of fused-ring (bicyclic) bond motifs is 1. The lowest BCUT2D eigenvalue weighted by atomic mass is 10.0. The van der Waals surface area contributed by atoms with E-state index in [1.54, 1.807) is 30.6 Å². The number of pyridine rings is 3. The van der Waals surface area contributed by atoms with Gasteiger partial charge < -0.3 is 10.6 Å². The van der Waals surface area contributed by atoms with Crippen molar-refractivity contribution in [3.63, 3.8) is 0 Å². The van der Waals surface area contributed by atoms with E-state index in [-0.39, 0.29) is 11.3 Å². The van der Waals surface area contributed by atoms with E-state index in [1.807, 2.05) is 10.9 Å². The molecule has 194 valence electrons. The molecule has 1 fully saturated rings. The summed E-state index contributed by atoms with van der Waals surface area (Å²) in [6, 6.07) is 7.93. The molecule has 0 amide bonds. The van der Waals surface area contributed by atoms with Gasteiger partial charge in [-0.15, -0.1) is 5.10 Å². The summed E-state index contributed by atoms with van der Waals surface area (Å²) in [5.74, 6) is -2.36. The normalized spacial score (nSPS) is 13.7. The quantitative estimate of drug-likeness (QED) is 0.220. The first-order chi connectivity index (χ1) is 18.9. The molecule has 0 aliphatic heterocycles. The number of aromatic nitrogens is 6. The average Bonchev–Trinajstić information content (AvgIpc) is 3.67. The first-order valence-electron chi connectivity index (χ1n) is 11.8. The Bertz CT molecular complexity index is 1760. The number of hydrogen-bond acceptors (Lipinski definition) is 8. The van der Waals surface area contributed by atoms with Crippen LogP contribution in [0.15, 0.2) is 55.2 Å². The molecular formula is C26H17Cl2F2N9. The molecular weight excluding hydrogens is 547 g/mol. The van der Waals surface area contributed by atoms with Crippen molar-refractivity contribution in [2.75, 3.05) is 10.6 Å². The fraction of sp³-hybridized carbons (Fsp3) is 0.154. The van der Waals surface area contributed by atoms with Crippen LogP contribution in [0.2, 0.25) is 10.0 Å². The number of hydrogen-bond donors (Lipinski definition) is 2. The number of anilines is 3. The van der Waals surface area contributed by atoms with Crippen LogP contribution in [-0.4, -0.2) is 29.9 Å². The van der Waals surface area contributed by atoms with Crippen molar-refractivity contribution in [1.29, 1.82) is 5.26 Å². The Hall–Kier alpha value is -4.40. The lowest BCUT2D eigenvalue weighted by Crippen LogP contribution is -2.14. The Labute approximate surface area is 230 Å². The minimum atomic E-state index is -1.23. The third-order valence-electron chi connectivity index (χ3n) is 6.27. The van der Waals surface area contributed by atoms with Crippen molar-refractivity contribution in [1.82, 2.24) is 29.9 Å². The molecule has 1 aliphatic rings. The zero-order chi connectivity index (χ0) is 27.1. The second kappa shape index (κ2) is 10.1. The molecule has 9 nitrogen and oxygen atoms in total. The van der Waals surface area contributed by atoms with Gasteiger partial charge in [0.2, 0.25) is 5.95 Å². The van der Waals surface area contributed by atoms with Gasteiger partial charge in [0.05, 0.1) is 45.9 Å². The van der Waals surface area contributed by atoms with Crippen LogP contribution >= 0.6 is 23.2 Å². The molecule has 1 aliphatic carbocycles. The Morgan fingerprint density at radius 1 is 1.05 bits per heavy atom. The average molecular weight is 564 g/mol. The van der Waals surface area contributed by atoms with Crippen molar-refractivity contribution in [3.05, 3.63) is 93.9 Å². The first kappa shape index (κ1) is 24.9. The number of nitrogens with one attached hydrogen (secondary N) is 2. The fourth-order valence-electron chi connectivity index (χ4n) is 4.22. The summed E-state index contributed by atoms with van der Waals surface area (Å²) < 4.78 is 29.1. The van der Waals surface area contributed by atoms with Crippen LogP contribution in [0.3, 0.4) is 0 Å². The highest BCUT2D eigenvalue weighted by molar-refractivity contribution is 6.36. The molecule has 13 heteroatoms. The van der Waals surface area contributed by atoms with Crippen molar-refractivity contribution in [2.45, 2.75) is 24.9 Å². The van der Waals surface area contributed by atoms with Crippen molar-refractivity contribution in [2.24, 2.45) is 0 Å². The zero-order valence-electron chi connectivity index (χ0n) is 19.9. The molecule has 0 radical (unpaired) electrons. The number of nitrogens with zero attached hydrogens (tertiary/aromatic N) is 7. The smallest absolute Gasteiger partial charge is 0.249 e. The first-order valence-corrected chi connectivity index (χ1v) is 12.5. The largest absolute Gasteiger partial charge is 0.373 e. The highest BCUT2D eigenvalue weighted by atomic mass is 35.5. The molecule has 0 saturated heterocycles. The van der Waals surface area contributed by atoms with Gasteiger partial charge in [-0.1, -0.05) is 28.4 Å². The van der Waals surface area contributed by atoms with E-state index in [0.29, 0.717) is 49.6 Å². The van der Waals surface area contributed by atoms with Gasteiger partial charge in [0.25, 0.3) is 0 Å². The van der Waals surface area contributed by atoms with E-state index >= 15 is 0 Å². The van der Waals surface area contributed by atoms with Crippen LogP contribution in [0.1, 0.15) is 41.7 Å². The highest BCUT2D eigenvalue weighted by Crippen LogP contribution is 2.38. The molecule has 0 unspecified atom stereocenters. The number of halogens is 4. The number of benzene rings is 1. The molecule has 5 aromatic rings. The molecule has 1 atom stereocenters. The van der Waals surface area contributed by atoms with E-state index in [2.05, 4.69) is 42.0 Å². The highest BCUT2D eigenvalue weighted by Gasteiger charge is 2.28. The molecule has 6 rings (SSSR count). The van der Waals surface area contributed by atoms with E-state index in [9.17, 15) is 14.0 Å². The van der Waals surface area contributed by atoms with Crippen molar-refractivity contribution < 1.29 is 8.78 Å². The lowest BCUT2D eigenvalue weighted by molar-refractivity contribution is 0.480. The van der Waals surface area contributed by atoms with Gasteiger partial charge in [-0.25, -0.2) is 14.1 Å². The summed E-state index contributed by atoms with van der Waals surface area (Å²) in [4.78, 5) is 12.0. The Morgan fingerprint density at radius 2 is 1.90 bits per heavy atom. The topological polar surface area (TPSA) is 117 Å². The predicted octanol–water partition coefficient (Wildman–Crippen LogP) is 6.35. The summed E-state index contributed by atoms with van der Waals surface area (Å²) >= 11 is 13.2. The van der Waals surface area contributed by atoms with Crippen LogP contribution in [0, 0.1) is 23.1 Å². The SMILES string of the molecule is N#Cc1cnc2c(Cl)cc(N[C@H](c3cn(C4CC4)nn3)c3cnccc3Cl)cc2c1Nc1cnc(F)c(F)c1. The molecule has 2 N–H and O–H groups in total. The van der Waals surface area contributed by atoms with E-state index in [0.717, 1.165) is 25.1 Å². The maximum absolute atomic E-state index is 13.8. The van der Waals surface area contributed by atoms with Crippen LogP contribution < -0.4 is 10.6 Å². The van der Waals surface area contributed by atoms with Crippen molar-refractivity contribution >= 4 is 51.2 Å². The van der Waals surface area contributed by atoms with E-state index in [4.69, 9.17) is 23.2 Å². The molecule has 39 heavy (non-hydrogen) atoms. The minimum Gasteiger partial charge on any atom is -0.373 e. The summed E-state index contributed by atoms with van der Waals surface area (Å²) in [7, 11) is 0. The van der Waals surface area contributed by atoms with E-state index in [1.165, 1.54) is 6.20 Å². The maximum atomic E-state index is 13.8. The zero-order valence-corrected chi connectivity index (χ0v) is 21.4. The van der Waals surface area contributed by atoms with Crippen LogP contribution in [-0.2, 0) is 0 Å². The Morgan fingerprint density at radius 3 is 2.64 bits per heavy atom. The van der Waals surface area contributed by atoms with Crippen molar-refractivity contribution in [3.8, 4) is 6.07 Å². The monoisotopic (exact) mass is 563 g/mol. The van der Waals surface area contributed by atoms with E-state index < -0.39 is 17.8 Å². The van der Waals surface area contributed by atoms with Gasteiger partial charge in [-0.3, -0.25) is 9.97 Å². The van der Waals surface area contributed by atoms with Gasteiger partial charge in [-0.05, 0) is 31.0 Å². The third kappa shape index (κ3) is 4.92. The van der Waals surface area contributed by atoms with Crippen LogP contribution in [0.5, 0.6) is 0 Å². The summed E-state index contributed by atoms with van der Waals surface area (Å²) in [6.45, 7) is 0. The lowest BCUT2D eigenvalue weighted by Gasteiger charge is -2.20. The summed E-state index contributed by atoms with van der Waals surface area (Å²) in [5, 5.41) is 26.0. The maximum Gasteiger partial charge on any atom is 0.249 e. The van der Waals surface area contributed by atoms with Gasteiger partial charge >= 0.3 is 0 Å². The molecule has 1 aromatic carbocycles. The summed E-state index contributed by atoms with van der Waals surface area (Å²) in [6.07, 6.45) is 9.69. The summed E-state index contributed by atoms with van der Waals surface area (Å²) in [5.41, 5.74) is 2.87.